The Morgan fingerprint density at radius 2 is 0.506 bits per heavy atom. The number of carboxylic acids is 1. The van der Waals surface area contributed by atoms with E-state index in [1.165, 1.54) is 372 Å². The van der Waals surface area contributed by atoms with E-state index in [2.05, 4.69) is 13.8 Å². The number of quaternary nitrogens is 1. The fraction of sp³-hybridized carbons (Fsp3) is 0.963. The summed E-state index contributed by atoms with van der Waals surface area (Å²) in [5, 5.41) is 11.9. The second-order valence-electron chi connectivity index (χ2n) is 29.1. The third-order valence-electron chi connectivity index (χ3n) is 18.9. The molecule has 9 nitrogen and oxygen atoms in total. The highest BCUT2D eigenvalue weighted by Gasteiger charge is 2.22. The standard InChI is InChI=1S/C80H157NO8/c1-6-8-10-12-14-16-18-20-22-24-26-28-30-32-34-36-38-39-41-43-45-47-49-51-53-55-57-59-61-63-65-67-69-71-78(83)89-76(75-88-80(79(84)85)86-73-72-81(3,4)5)74-87-77(82)70-68-66-64-62-60-58-56-54-52-50-48-46-44-42-40-37-35-33-31-29-27-25-23-21-19-17-15-13-11-9-7-2/h76,80H,6-75H2,1-5H3. The van der Waals surface area contributed by atoms with Gasteiger partial charge in [0.05, 0.1) is 40.3 Å². The van der Waals surface area contributed by atoms with Gasteiger partial charge in [-0.1, -0.05) is 412 Å². The minimum absolute atomic E-state index is 0.154. The predicted octanol–water partition coefficient (Wildman–Crippen LogP) is 24.0. The number of carbonyl (C=O) groups is 3. The van der Waals surface area contributed by atoms with Gasteiger partial charge in [-0.25, -0.2) is 0 Å². The first-order valence-electron chi connectivity index (χ1n) is 40.2. The molecule has 530 valence electrons. The summed E-state index contributed by atoms with van der Waals surface area (Å²) in [6, 6.07) is 0. The molecule has 0 fully saturated rings. The maximum absolute atomic E-state index is 13.0. The molecule has 0 saturated carbocycles. The van der Waals surface area contributed by atoms with Crippen LogP contribution in [0.4, 0.5) is 0 Å². The summed E-state index contributed by atoms with van der Waals surface area (Å²) in [4.78, 5) is 37.6. The van der Waals surface area contributed by atoms with Gasteiger partial charge in [-0.15, -0.1) is 0 Å². The van der Waals surface area contributed by atoms with Gasteiger partial charge in [-0.2, -0.15) is 0 Å². The van der Waals surface area contributed by atoms with Crippen molar-refractivity contribution >= 4 is 17.9 Å². The van der Waals surface area contributed by atoms with Crippen LogP contribution in [-0.4, -0.2) is 82.3 Å². The lowest BCUT2D eigenvalue weighted by atomic mass is 10.0. The quantitative estimate of drug-likeness (QED) is 0.0256. The SMILES string of the molecule is CCCCCCCCCCCCCCCCCCCCCCCCCCCCCCCCCCCC(=O)OC(COC(=O)CCCCCCCCCCCCCCCCCCCCCCCCCCCCCCCCC)COC(OCC[N+](C)(C)C)C(=O)[O-]. The minimum Gasteiger partial charge on any atom is -0.545 e. The number of likely N-dealkylation sites (N-methyl/N-ethyl adjacent to an activating group) is 1. The Morgan fingerprint density at radius 3 is 0.719 bits per heavy atom. The summed E-state index contributed by atoms with van der Waals surface area (Å²) < 4.78 is 22.9. The molecule has 0 N–H and O–H groups in total. The number of ether oxygens (including phenoxy) is 4. The van der Waals surface area contributed by atoms with Gasteiger partial charge >= 0.3 is 11.9 Å². The molecule has 9 heteroatoms. The van der Waals surface area contributed by atoms with Crippen molar-refractivity contribution in [2.24, 2.45) is 0 Å². The van der Waals surface area contributed by atoms with E-state index in [1.807, 2.05) is 21.1 Å². The first kappa shape index (κ1) is 87.3. The Bertz CT molecular complexity index is 1420. The maximum Gasteiger partial charge on any atom is 0.306 e. The molecule has 0 spiro atoms. The summed E-state index contributed by atoms with van der Waals surface area (Å²) >= 11 is 0. The van der Waals surface area contributed by atoms with Crippen LogP contribution in [0.5, 0.6) is 0 Å². The summed E-state index contributed by atoms with van der Waals surface area (Å²) in [5.41, 5.74) is 0. The number of hydrogen-bond donors (Lipinski definition) is 0. The van der Waals surface area contributed by atoms with E-state index in [4.69, 9.17) is 18.9 Å². The third-order valence-corrected chi connectivity index (χ3v) is 18.9. The molecule has 89 heavy (non-hydrogen) atoms. The second kappa shape index (κ2) is 72.1. The van der Waals surface area contributed by atoms with Crippen LogP contribution in [0, 0.1) is 0 Å². The number of hydrogen-bond acceptors (Lipinski definition) is 8. The van der Waals surface area contributed by atoms with Gasteiger partial charge in [-0.3, -0.25) is 9.59 Å². The first-order valence-corrected chi connectivity index (χ1v) is 40.2. The van der Waals surface area contributed by atoms with E-state index in [0.29, 0.717) is 17.4 Å². The molecule has 0 aromatic carbocycles. The fourth-order valence-electron chi connectivity index (χ4n) is 12.7. The zero-order chi connectivity index (χ0) is 64.7. The lowest BCUT2D eigenvalue weighted by Gasteiger charge is -2.26. The molecule has 2 unspecified atom stereocenters. The van der Waals surface area contributed by atoms with Crippen molar-refractivity contribution in [2.75, 3.05) is 47.5 Å². The van der Waals surface area contributed by atoms with Crippen molar-refractivity contribution in [3.63, 3.8) is 0 Å². The van der Waals surface area contributed by atoms with Crippen LogP contribution >= 0.6 is 0 Å². The average molecular weight is 1260 g/mol. The molecule has 0 aliphatic carbocycles. The van der Waals surface area contributed by atoms with Crippen LogP contribution in [0.3, 0.4) is 0 Å². The topological polar surface area (TPSA) is 111 Å². The summed E-state index contributed by atoms with van der Waals surface area (Å²) in [6.45, 7) is 4.86. The Morgan fingerprint density at radius 1 is 0.292 bits per heavy atom. The largest absolute Gasteiger partial charge is 0.545 e. The van der Waals surface area contributed by atoms with E-state index >= 15 is 0 Å². The van der Waals surface area contributed by atoms with E-state index < -0.39 is 24.3 Å². The zero-order valence-corrected chi connectivity index (χ0v) is 60.9. The van der Waals surface area contributed by atoms with Gasteiger partial charge in [0, 0.05) is 12.8 Å². The molecule has 0 amide bonds. The summed E-state index contributed by atoms with van der Waals surface area (Å²) in [7, 11) is 5.96. The minimum atomic E-state index is -1.62. The number of carboxylic acid groups (broad SMARTS) is 1. The molecule has 0 aliphatic rings. The van der Waals surface area contributed by atoms with Gasteiger partial charge in [-0.05, 0) is 12.8 Å². The number of nitrogens with zero attached hydrogens (tertiary/aromatic N) is 1. The molecule has 2 atom stereocenters. The van der Waals surface area contributed by atoms with E-state index in [1.54, 1.807) is 0 Å². The molecule has 0 aliphatic heterocycles. The fourth-order valence-corrected chi connectivity index (χ4v) is 12.7. The van der Waals surface area contributed by atoms with Crippen LogP contribution in [0.1, 0.15) is 438 Å². The van der Waals surface area contributed by atoms with Gasteiger partial charge < -0.3 is 33.3 Å². The Labute approximate surface area is 555 Å². The Balaban J connectivity index is 3.95. The van der Waals surface area contributed by atoms with Crippen molar-refractivity contribution in [1.29, 1.82) is 0 Å². The van der Waals surface area contributed by atoms with Gasteiger partial charge in [0.15, 0.2) is 12.4 Å². The van der Waals surface area contributed by atoms with E-state index in [-0.39, 0.29) is 32.2 Å². The number of unbranched alkanes of at least 4 members (excludes halogenated alkanes) is 62. The molecule has 0 rings (SSSR count). The highest BCUT2D eigenvalue weighted by Crippen LogP contribution is 2.21. The Hall–Kier alpha value is -1.71. The van der Waals surface area contributed by atoms with Gasteiger partial charge in [0.1, 0.15) is 13.2 Å². The monoisotopic (exact) mass is 1260 g/mol. The van der Waals surface area contributed by atoms with Crippen LogP contribution in [0.25, 0.3) is 0 Å². The number of rotatable bonds is 77. The maximum atomic E-state index is 13.0. The molecule has 0 radical (unpaired) electrons. The molecule has 0 bridgehead atoms. The molecule has 0 aromatic heterocycles. The van der Waals surface area contributed by atoms with Crippen molar-refractivity contribution in [3.8, 4) is 0 Å². The van der Waals surface area contributed by atoms with Crippen LogP contribution in [0.15, 0.2) is 0 Å². The van der Waals surface area contributed by atoms with Crippen LogP contribution in [-0.2, 0) is 33.3 Å². The van der Waals surface area contributed by atoms with Crippen molar-refractivity contribution in [1.82, 2.24) is 0 Å². The normalized spacial score (nSPS) is 12.5. The molecule has 0 saturated heterocycles. The molecular weight excluding hydrogens is 1100 g/mol. The van der Waals surface area contributed by atoms with Crippen molar-refractivity contribution in [2.45, 2.75) is 450 Å². The molecule has 0 aromatic rings. The number of esters is 2. The lowest BCUT2D eigenvalue weighted by molar-refractivity contribution is -0.870. The highest BCUT2D eigenvalue weighted by atomic mass is 16.7. The smallest absolute Gasteiger partial charge is 0.306 e. The second-order valence-corrected chi connectivity index (χ2v) is 29.1. The zero-order valence-electron chi connectivity index (χ0n) is 60.9. The van der Waals surface area contributed by atoms with Crippen LogP contribution < -0.4 is 5.11 Å². The summed E-state index contributed by atoms with van der Waals surface area (Å²) in [6.07, 6.45) is 85.3. The first-order chi connectivity index (χ1) is 43.6. The lowest BCUT2D eigenvalue weighted by Crippen LogP contribution is -2.44. The average Bonchev–Trinajstić information content (AvgIpc) is 3.64. The molecular formula is C80H157NO8. The van der Waals surface area contributed by atoms with Crippen molar-refractivity contribution < 1.29 is 42.9 Å². The van der Waals surface area contributed by atoms with Gasteiger partial charge in [0.25, 0.3) is 0 Å². The van der Waals surface area contributed by atoms with Gasteiger partial charge in [0.2, 0.25) is 0 Å². The van der Waals surface area contributed by atoms with E-state index in [0.717, 1.165) is 38.5 Å². The number of aliphatic carboxylic acids is 1. The summed E-state index contributed by atoms with van der Waals surface area (Å²) in [5.74, 6) is -2.24. The third kappa shape index (κ3) is 73.6. The predicted molar refractivity (Wildman–Crippen MR) is 381 cm³/mol. The molecule has 0 heterocycles. The van der Waals surface area contributed by atoms with Crippen molar-refractivity contribution in [3.05, 3.63) is 0 Å². The Kier molecular flexibility index (Phi) is 70.7. The highest BCUT2D eigenvalue weighted by molar-refractivity contribution is 5.70. The number of carbonyl (C=O) groups excluding carboxylic acids is 3. The van der Waals surface area contributed by atoms with E-state index in [9.17, 15) is 19.5 Å². The van der Waals surface area contributed by atoms with Crippen LogP contribution in [0.2, 0.25) is 0 Å².